The summed E-state index contributed by atoms with van der Waals surface area (Å²) >= 11 is 0. The van der Waals surface area contributed by atoms with Crippen LogP contribution >= 0.6 is 0 Å². The molecule has 2 aromatic carbocycles. The summed E-state index contributed by atoms with van der Waals surface area (Å²) in [6, 6.07) is 9.95. The van der Waals surface area contributed by atoms with E-state index in [0.29, 0.717) is 31.1 Å². The predicted molar refractivity (Wildman–Crippen MR) is 124 cm³/mol. The normalized spacial score (nSPS) is 18.3. The van der Waals surface area contributed by atoms with Crippen molar-refractivity contribution in [2.75, 3.05) is 37.8 Å². The topological polar surface area (TPSA) is 76.5 Å². The van der Waals surface area contributed by atoms with Gasteiger partial charge in [0.15, 0.2) is 0 Å². The molecule has 6 nitrogen and oxygen atoms in total. The average molecular weight is 447 g/mol. The Balaban J connectivity index is 1.98. The highest BCUT2D eigenvalue weighted by molar-refractivity contribution is 7.88. The first-order valence-electron chi connectivity index (χ1n) is 10.4. The molecule has 1 aliphatic rings. The van der Waals surface area contributed by atoms with Gasteiger partial charge in [-0.25, -0.2) is 12.8 Å². The summed E-state index contributed by atoms with van der Waals surface area (Å²) in [5.41, 5.74) is 4.24. The van der Waals surface area contributed by atoms with E-state index in [9.17, 15) is 12.8 Å². The van der Waals surface area contributed by atoms with Gasteiger partial charge in [0, 0.05) is 55.4 Å². The third kappa shape index (κ3) is 5.70. The number of benzene rings is 2. The summed E-state index contributed by atoms with van der Waals surface area (Å²) < 4.78 is 39.2. The molecule has 2 N–H and O–H groups in total. The number of hydrogen-bond donors (Lipinski definition) is 2. The molecule has 1 atom stereocenters. The Morgan fingerprint density at radius 1 is 1.23 bits per heavy atom. The highest BCUT2D eigenvalue weighted by atomic mass is 32.2. The summed E-state index contributed by atoms with van der Waals surface area (Å²) in [4.78, 5) is 2.34. The number of halogens is 1. The highest BCUT2D eigenvalue weighted by Crippen LogP contribution is 2.33. The molecule has 1 unspecified atom stereocenters. The summed E-state index contributed by atoms with van der Waals surface area (Å²) in [6.07, 6.45) is 2.55. The Hall–Kier alpha value is -2.29. The molecule has 0 bridgehead atoms. The number of anilines is 2. The van der Waals surface area contributed by atoms with Gasteiger partial charge in [-0.05, 0) is 60.4 Å². The molecule has 1 heterocycles. The number of sulfonamides is 1. The zero-order valence-corrected chi connectivity index (χ0v) is 19.3. The fraction of sp³-hybridized carbons (Fsp3) is 0.435. The van der Waals surface area contributed by atoms with Gasteiger partial charge in [0.2, 0.25) is 10.0 Å². The van der Waals surface area contributed by atoms with Crippen LogP contribution in [-0.2, 0) is 10.0 Å². The quantitative estimate of drug-likeness (QED) is 0.627. The molecule has 0 aromatic heterocycles. The van der Waals surface area contributed by atoms with Crippen molar-refractivity contribution < 1.29 is 12.8 Å². The molecule has 31 heavy (non-hydrogen) atoms. The molecule has 2 aromatic rings. The second-order valence-electron chi connectivity index (χ2n) is 8.60. The lowest BCUT2D eigenvalue weighted by Gasteiger charge is -2.42. The number of hydrogen-bond acceptors (Lipinski definition) is 5. The SMILES string of the molecule is Cc1cc(Nc2ccc(F)cc2)c(C=N)cc1C1CN(S(C)(=O)=O)CCN1CC(C)C. The van der Waals surface area contributed by atoms with E-state index in [1.807, 2.05) is 19.1 Å². The Labute approximate surface area is 184 Å². The molecule has 0 saturated carbocycles. The van der Waals surface area contributed by atoms with E-state index in [4.69, 9.17) is 5.41 Å². The number of piperazine rings is 1. The summed E-state index contributed by atoms with van der Waals surface area (Å²) in [7, 11) is -3.28. The molecule has 1 aliphatic heterocycles. The van der Waals surface area contributed by atoms with Crippen LogP contribution in [0.4, 0.5) is 15.8 Å². The zero-order valence-electron chi connectivity index (χ0n) is 18.5. The number of rotatable bonds is 7. The van der Waals surface area contributed by atoms with Crippen molar-refractivity contribution in [3.05, 3.63) is 58.9 Å². The molecule has 1 saturated heterocycles. The average Bonchev–Trinajstić information content (AvgIpc) is 2.69. The number of nitrogens with zero attached hydrogens (tertiary/aromatic N) is 2. The van der Waals surface area contributed by atoms with E-state index in [1.54, 1.807) is 16.4 Å². The van der Waals surface area contributed by atoms with Crippen molar-refractivity contribution in [1.82, 2.24) is 9.21 Å². The van der Waals surface area contributed by atoms with Crippen LogP contribution in [0.5, 0.6) is 0 Å². The molecule has 168 valence electrons. The summed E-state index contributed by atoms with van der Waals surface area (Å²) in [5, 5.41) is 11.2. The summed E-state index contributed by atoms with van der Waals surface area (Å²) in [5.74, 6) is 0.150. The standard InChI is InChI=1S/C23H31FN4O2S/c1-16(2)14-27-9-10-28(31(4,29)30)15-23(27)21-12-18(13-25)22(11-17(21)3)26-20-7-5-19(24)6-8-20/h5-8,11-13,16,23,25-26H,9-10,14-15H2,1-4H3. The molecule has 3 rings (SSSR count). The van der Waals surface area contributed by atoms with Crippen LogP contribution in [0.15, 0.2) is 36.4 Å². The first kappa shape index (κ1) is 23.4. The van der Waals surface area contributed by atoms with E-state index in [1.165, 1.54) is 24.6 Å². The Kier molecular flexibility index (Phi) is 7.13. The minimum Gasteiger partial charge on any atom is -0.355 e. The zero-order chi connectivity index (χ0) is 22.8. The minimum absolute atomic E-state index is 0.0792. The van der Waals surface area contributed by atoms with E-state index in [-0.39, 0.29) is 11.9 Å². The van der Waals surface area contributed by atoms with Gasteiger partial charge < -0.3 is 10.7 Å². The van der Waals surface area contributed by atoms with E-state index < -0.39 is 10.0 Å². The van der Waals surface area contributed by atoms with Crippen molar-refractivity contribution in [1.29, 1.82) is 5.41 Å². The molecule has 0 radical (unpaired) electrons. The highest BCUT2D eigenvalue weighted by Gasteiger charge is 2.33. The lowest BCUT2D eigenvalue weighted by atomic mass is 9.94. The van der Waals surface area contributed by atoms with Crippen LogP contribution < -0.4 is 5.32 Å². The van der Waals surface area contributed by atoms with Crippen LogP contribution in [0.3, 0.4) is 0 Å². The number of nitrogens with one attached hydrogen (secondary N) is 2. The fourth-order valence-electron chi connectivity index (χ4n) is 4.10. The lowest BCUT2D eigenvalue weighted by Crippen LogP contribution is -2.51. The second-order valence-corrected chi connectivity index (χ2v) is 10.6. The van der Waals surface area contributed by atoms with Crippen molar-refractivity contribution in [2.45, 2.75) is 26.8 Å². The third-order valence-corrected chi connectivity index (χ3v) is 6.87. The van der Waals surface area contributed by atoms with Gasteiger partial charge in [-0.15, -0.1) is 0 Å². The Morgan fingerprint density at radius 3 is 2.48 bits per heavy atom. The maximum Gasteiger partial charge on any atom is 0.211 e. The van der Waals surface area contributed by atoms with Crippen molar-refractivity contribution in [2.24, 2.45) is 5.92 Å². The van der Waals surface area contributed by atoms with Crippen LogP contribution in [0.2, 0.25) is 0 Å². The minimum atomic E-state index is -3.28. The van der Waals surface area contributed by atoms with Crippen molar-refractivity contribution in [3.63, 3.8) is 0 Å². The molecule has 0 spiro atoms. The Morgan fingerprint density at radius 2 is 1.90 bits per heavy atom. The van der Waals surface area contributed by atoms with Gasteiger partial charge in [0.1, 0.15) is 5.82 Å². The lowest BCUT2D eigenvalue weighted by molar-refractivity contribution is 0.105. The molecule has 8 heteroatoms. The maximum absolute atomic E-state index is 13.2. The van der Waals surface area contributed by atoms with Crippen molar-refractivity contribution in [3.8, 4) is 0 Å². The monoisotopic (exact) mass is 446 g/mol. The van der Waals surface area contributed by atoms with E-state index >= 15 is 0 Å². The van der Waals surface area contributed by atoms with Gasteiger partial charge in [-0.2, -0.15) is 4.31 Å². The van der Waals surface area contributed by atoms with Gasteiger partial charge in [-0.1, -0.05) is 13.8 Å². The fourth-order valence-corrected chi connectivity index (χ4v) is 4.92. The molecule has 0 amide bonds. The van der Waals surface area contributed by atoms with Gasteiger partial charge >= 0.3 is 0 Å². The first-order chi connectivity index (χ1) is 14.6. The van der Waals surface area contributed by atoms with E-state index in [2.05, 4.69) is 24.1 Å². The molecule has 1 fully saturated rings. The second kappa shape index (κ2) is 9.46. The predicted octanol–water partition coefficient (Wildman–Crippen LogP) is 4.15. The smallest absolute Gasteiger partial charge is 0.211 e. The van der Waals surface area contributed by atoms with Crippen LogP contribution in [0.1, 0.15) is 36.6 Å². The first-order valence-corrected chi connectivity index (χ1v) is 12.3. The molecule has 0 aliphatic carbocycles. The van der Waals surface area contributed by atoms with Crippen LogP contribution in [0, 0.1) is 24.1 Å². The van der Waals surface area contributed by atoms with Crippen LogP contribution in [0.25, 0.3) is 0 Å². The molecular formula is C23H31FN4O2S. The van der Waals surface area contributed by atoms with E-state index in [0.717, 1.165) is 29.0 Å². The Bertz CT molecular complexity index is 1040. The largest absolute Gasteiger partial charge is 0.355 e. The van der Waals surface area contributed by atoms with Gasteiger partial charge in [0.25, 0.3) is 0 Å². The molecular weight excluding hydrogens is 415 g/mol. The van der Waals surface area contributed by atoms with Gasteiger partial charge in [-0.3, -0.25) is 4.90 Å². The summed E-state index contributed by atoms with van der Waals surface area (Å²) in [6.45, 7) is 8.75. The number of aryl methyl sites for hydroxylation is 1. The third-order valence-electron chi connectivity index (χ3n) is 5.60. The van der Waals surface area contributed by atoms with Crippen molar-refractivity contribution >= 4 is 27.6 Å². The maximum atomic E-state index is 13.2. The van der Waals surface area contributed by atoms with Crippen LogP contribution in [-0.4, -0.2) is 56.3 Å². The van der Waals surface area contributed by atoms with Gasteiger partial charge in [0.05, 0.1) is 6.26 Å².